The fourth-order valence-corrected chi connectivity index (χ4v) is 1.30. The number of hydrogen-bond acceptors (Lipinski definition) is 5. The summed E-state index contributed by atoms with van der Waals surface area (Å²) in [6, 6.07) is 0.173. The van der Waals surface area contributed by atoms with Gasteiger partial charge in [0.1, 0.15) is 5.69 Å². The number of urea groups is 1. The minimum atomic E-state index is -4.55. The van der Waals surface area contributed by atoms with Gasteiger partial charge in [-0.05, 0) is 6.07 Å². The summed E-state index contributed by atoms with van der Waals surface area (Å²) >= 11 is 0. The third-order valence-electron chi connectivity index (χ3n) is 2.26. The van der Waals surface area contributed by atoms with Gasteiger partial charge in [0.2, 0.25) is 5.95 Å². The van der Waals surface area contributed by atoms with Crippen LogP contribution in [-0.4, -0.2) is 46.7 Å². The summed E-state index contributed by atoms with van der Waals surface area (Å²) in [5.41, 5.74) is -1.07. The van der Waals surface area contributed by atoms with E-state index in [-0.39, 0.29) is 32.0 Å². The summed E-state index contributed by atoms with van der Waals surface area (Å²) in [6.45, 7) is 0.178. The number of anilines is 1. The van der Waals surface area contributed by atoms with Crippen LogP contribution >= 0.6 is 0 Å². The number of halogens is 3. The number of aliphatic carboxylic acids is 1. The molecule has 0 bridgehead atoms. The summed E-state index contributed by atoms with van der Waals surface area (Å²) in [5.74, 6) is -1.24. The van der Waals surface area contributed by atoms with Gasteiger partial charge in [0.25, 0.3) is 0 Å². The zero-order valence-electron chi connectivity index (χ0n) is 11.3. The van der Waals surface area contributed by atoms with E-state index in [1.807, 2.05) is 0 Å². The van der Waals surface area contributed by atoms with Crippen molar-refractivity contribution in [3.63, 3.8) is 0 Å². The molecular weight excluding hydrogens is 307 g/mol. The molecule has 2 amide bonds. The van der Waals surface area contributed by atoms with Gasteiger partial charge in [-0.1, -0.05) is 0 Å². The molecule has 1 heterocycles. The van der Waals surface area contributed by atoms with Gasteiger partial charge < -0.3 is 21.1 Å². The highest BCUT2D eigenvalue weighted by molar-refractivity contribution is 5.74. The fraction of sp³-hybridized carbons (Fsp3) is 0.455. The molecule has 8 nitrogen and oxygen atoms in total. The molecule has 0 unspecified atom stereocenters. The van der Waals surface area contributed by atoms with Crippen LogP contribution in [0.25, 0.3) is 0 Å². The van der Waals surface area contributed by atoms with Crippen LogP contribution in [0.5, 0.6) is 0 Å². The molecule has 22 heavy (non-hydrogen) atoms. The Morgan fingerprint density at radius 1 is 1.18 bits per heavy atom. The highest BCUT2D eigenvalue weighted by atomic mass is 19.4. The molecule has 0 spiro atoms. The number of carbonyl (C=O) groups excluding carboxylic acids is 1. The first-order valence-electron chi connectivity index (χ1n) is 6.16. The minimum absolute atomic E-state index is 0.0225. The SMILES string of the molecule is O=C(O)CCNC(=O)NCCNc1nccc(C(F)(F)F)n1. The number of amides is 2. The van der Waals surface area contributed by atoms with Gasteiger partial charge in [0, 0.05) is 25.8 Å². The van der Waals surface area contributed by atoms with Gasteiger partial charge in [0.05, 0.1) is 6.42 Å². The maximum atomic E-state index is 12.4. The van der Waals surface area contributed by atoms with E-state index < -0.39 is 23.9 Å². The van der Waals surface area contributed by atoms with E-state index in [2.05, 4.69) is 25.9 Å². The zero-order valence-corrected chi connectivity index (χ0v) is 11.3. The third-order valence-corrected chi connectivity index (χ3v) is 2.26. The topological polar surface area (TPSA) is 116 Å². The number of carboxylic acids is 1. The molecule has 0 aliphatic carbocycles. The van der Waals surface area contributed by atoms with E-state index in [0.29, 0.717) is 0 Å². The Morgan fingerprint density at radius 2 is 1.86 bits per heavy atom. The van der Waals surface area contributed by atoms with Gasteiger partial charge >= 0.3 is 18.2 Å². The first kappa shape index (κ1) is 17.5. The van der Waals surface area contributed by atoms with Crippen molar-refractivity contribution in [3.8, 4) is 0 Å². The van der Waals surface area contributed by atoms with Crippen LogP contribution < -0.4 is 16.0 Å². The summed E-state index contributed by atoms with van der Waals surface area (Å²) in [7, 11) is 0. The predicted octanol–water partition coefficient (Wildman–Crippen LogP) is 0.681. The second kappa shape index (κ2) is 8.00. The average molecular weight is 321 g/mol. The lowest BCUT2D eigenvalue weighted by Gasteiger charge is -2.09. The first-order chi connectivity index (χ1) is 10.3. The van der Waals surface area contributed by atoms with Crippen molar-refractivity contribution >= 4 is 17.9 Å². The van der Waals surface area contributed by atoms with Crippen molar-refractivity contribution in [1.29, 1.82) is 0 Å². The lowest BCUT2D eigenvalue weighted by Crippen LogP contribution is -2.38. The number of hydrogen-bond donors (Lipinski definition) is 4. The lowest BCUT2D eigenvalue weighted by atomic mass is 10.4. The Labute approximate surface area is 123 Å². The molecule has 122 valence electrons. The van der Waals surface area contributed by atoms with E-state index in [1.165, 1.54) is 0 Å². The minimum Gasteiger partial charge on any atom is -0.481 e. The third kappa shape index (κ3) is 6.72. The van der Waals surface area contributed by atoms with Crippen LogP contribution in [0.15, 0.2) is 12.3 Å². The number of nitrogens with one attached hydrogen (secondary N) is 3. The van der Waals surface area contributed by atoms with Crippen molar-refractivity contribution in [2.24, 2.45) is 0 Å². The van der Waals surface area contributed by atoms with Crippen LogP contribution in [0.4, 0.5) is 23.9 Å². The molecule has 11 heteroatoms. The second-order valence-corrected chi connectivity index (χ2v) is 4.02. The molecule has 0 radical (unpaired) electrons. The van der Waals surface area contributed by atoms with Crippen molar-refractivity contribution < 1.29 is 27.9 Å². The number of carboxylic acid groups (broad SMARTS) is 1. The zero-order chi connectivity index (χ0) is 16.6. The van der Waals surface area contributed by atoms with Gasteiger partial charge in [-0.3, -0.25) is 4.79 Å². The number of rotatable bonds is 7. The molecule has 0 aliphatic rings. The second-order valence-electron chi connectivity index (χ2n) is 4.02. The lowest BCUT2D eigenvalue weighted by molar-refractivity contribution is -0.141. The normalized spacial score (nSPS) is 10.9. The molecule has 0 aliphatic heterocycles. The first-order valence-corrected chi connectivity index (χ1v) is 6.16. The Kier molecular flexibility index (Phi) is 6.35. The van der Waals surface area contributed by atoms with Crippen LogP contribution in [0, 0.1) is 0 Å². The van der Waals surface area contributed by atoms with Crippen LogP contribution in [-0.2, 0) is 11.0 Å². The maximum Gasteiger partial charge on any atom is 0.433 e. The van der Waals surface area contributed by atoms with Gasteiger partial charge in [-0.25, -0.2) is 14.8 Å². The van der Waals surface area contributed by atoms with Gasteiger partial charge in [0.15, 0.2) is 0 Å². The highest BCUT2D eigenvalue weighted by Crippen LogP contribution is 2.27. The molecule has 0 saturated heterocycles. The number of nitrogens with zero attached hydrogens (tertiary/aromatic N) is 2. The number of alkyl halides is 3. The van der Waals surface area contributed by atoms with E-state index in [4.69, 9.17) is 5.11 Å². The smallest absolute Gasteiger partial charge is 0.433 e. The Hall–Kier alpha value is -2.59. The number of aromatic nitrogens is 2. The predicted molar refractivity (Wildman–Crippen MR) is 69.2 cm³/mol. The van der Waals surface area contributed by atoms with E-state index >= 15 is 0 Å². The van der Waals surface area contributed by atoms with E-state index in [9.17, 15) is 22.8 Å². The van der Waals surface area contributed by atoms with Crippen molar-refractivity contribution in [3.05, 3.63) is 18.0 Å². The Balaban J connectivity index is 2.27. The van der Waals surface area contributed by atoms with Gasteiger partial charge in [-0.15, -0.1) is 0 Å². The molecule has 0 aromatic carbocycles. The highest BCUT2D eigenvalue weighted by Gasteiger charge is 2.32. The quantitative estimate of drug-likeness (QED) is 0.549. The maximum absolute atomic E-state index is 12.4. The summed E-state index contributed by atoms with van der Waals surface area (Å²) < 4.78 is 37.2. The summed E-state index contributed by atoms with van der Waals surface area (Å²) in [5, 5.41) is 15.6. The largest absolute Gasteiger partial charge is 0.481 e. The van der Waals surface area contributed by atoms with E-state index in [0.717, 1.165) is 12.3 Å². The van der Waals surface area contributed by atoms with E-state index in [1.54, 1.807) is 0 Å². The van der Waals surface area contributed by atoms with Crippen molar-refractivity contribution in [2.75, 3.05) is 25.0 Å². The Morgan fingerprint density at radius 3 is 2.50 bits per heavy atom. The monoisotopic (exact) mass is 321 g/mol. The van der Waals surface area contributed by atoms with Crippen LogP contribution in [0.3, 0.4) is 0 Å². The molecule has 4 N–H and O–H groups in total. The van der Waals surface area contributed by atoms with Crippen LogP contribution in [0.2, 0.25) is 0 Å². The molecule has 0 saturated carbocycles. The summed E-state index contributed by atoms with van der Waals surface area (Å²) in [4.78, 5) is 28.3. The standard InChI is InChI=1S/C11H14F3N5O3/c12-11(13,14)7-1-3-15-9(19-7)16-5-6-18-10(22)17-4-2-8(20)21/h1,3H,2,4-6H2,(H,20,21)(H,15,16,19)(H2,17,18,22). The average Bonchev–Trinajstić information content (AvgIpc) is 2.42. The van der Waals surface area contributed by atoms with Crippen LogP contribution in [0.1, 0.15) is 12.1 Å². The molecule has 1 rings (SSSR count). The van der Waals surface area contributed by atoms with Crippen molar-refractivity contribution in [1.82, 2.24) is 20.6 Å². The molecule has 1 aromatic rings. The molecule has 1 aromatic heterocycles. The molecule has 0 fully saturated rings. The fourth-order valence-electron chi connectivity index (χ4n) is 1.30. The van der Waals surface area contributed by atoms with Crippen molar-refractivity contribution in [2.45, 2.75) is 12.6 Å². The summed E-state index contributed by atoms with van der Waals surface area (Å²) in [6.07, 6.45) is -3.78. The number of carbonyl (C=O) groups is 2. The molecular formula is C11H14F3N5O3. The molecule has 0 atom stereocenters. The Bertz CT molecular complexity index is 524. The van der Waals surface area contributed by atoms with Gasteiger partial charge in [-0.2, -0.15) is 13.2 Å².